The summed E-state index contributed by atoms with van der Waals surface area (Å²) in [5, 5.41) is 10.1. The molecule has 2 fully saturated rings. The van der Waals surface area contributed by atoms with Crippen LogP contribution in [0.3, 0.4) is 0 Å². The van der Waals surface area contributed by atoms with E-state index in [-0.39, 0.29) is 17.7 Å². The molecular formula is C18H20N2O3S. The normalized spacial score (nSPS) is 24.8. The van der Waals surface area contributed by atoms with Gasteiger partial charge in [0.2, 0.25) is 5.91 Å². The van der Waals surface area contributed by atoms with Crippen molar-refractivity contribution in [3.05, 3.63) is 29.3 Å². The van der Waals surface area contributed by atoms with Gasteiger partial charge in [-0.2, -0.15) is 0 Å². The van der Waals surface area contributed by atoms with Gasteiger partial charge in [-0.3, -0.25) is 9.59 Å². The van der Waals surface area contributed by atoms with E-state index in [1.807, 2.05) is 18.2 Å². The van der Waals surface area contributed by atoms with Gasteiger partial charge in [0.1, 0.15) is 0 Å². The van der Waals surface area contributed by atoms with Crippen LogP contribution < -0.4 is 0 Å². The zero-order valence-electron chi connectivity index (χ0n) is 13.4. The summed E-state index contributed by atoms with van der Waals surface area (Å²) in [5.74, 6) is -0.943. The Balaban J connectivity index is 1.55. The lowest BCUT2D eigenvalue weighted by Gasteiger charge is -2.41. The van der Waals surface area contributed by atoms with Crippen LogP contribution in [0, 0.1) is 11.8 Å². The first-order valence-corrected chi connectivity index (χ1v) is 9.32. The van der Waals surface area contributed by atoms with Crippen LogP contribution in [-0.4, -0.2) is 40.0 Å². The van der Waals surface area contributed by atoms with Crippen LogP contribution in [-0.2, 0) is 9.59 Å². The quantitative estimate of drug-likeness (QED) is 0.929. The average Bonchev–Trinajstić information content (AvgIpc) is 2.97. The Morgan fingerprint density at radius 2 is 1.92 bits per heavy atom. The minimum Gasteiger partial charge on any atom is -0.481 e. The average molecular weight is 344 g/mol. The maximum absolute atomic E-state index is 12.9. The standard InChI is InChI=1S/C18H20N2O3S/c21-17(20-9-11(10-20)18(22)23)13-6-2-1-5-12(13)16-19-14-7-3-4-8-15(14)24-16/h3-4,7-8,11-13H,1-2,5-6,9-10H2,(H,22,23). The number of hydrogen-bond donors (Lipinski definition) is 1. The number of benzene rings is 1. The summed E-state index contributed by atoms with van der Waals surface area (Å²) in [7, 11) is 0. The first-order chi connectivity index (χ1) is 11.6. The molecule has 6 heteroatoms. The van der Waals surface area contributed by atoms with Crippen LogP contribution in [0.1, 0.15) is 36.6 Å². The Hall–Kier alpha value is -1.95. The fraction of sp³-hybridized carbons (Fsp3) is 0.500. The molecule has 2 unspecified atom stereocenters. The number of carbonyl (C=O) groups is 2. The van der Waals surface area contributed by atoms with Crippen molar-refractivity contribution in [2.24, 2.45) is 11.8 Å². The third-order valence-electron chi connectivity index (χ3n) is 5.25. The molecule has 2 atom stereocenters. The first-order valence-electron chi connectivity index (χ1n) is 8.50. The van der Waals surface area contributed by atoms with Gasteiger partial charge in [-0.05, 0) is 25.0 Å². The predicted molar refractivity (Wildman–Crippen MR) is 92.0 cm³/mol. The van der Waals surface area contributed by atoms with Crippen molar-refractivity contribution < 1.29 is 14.7 Å². The number of aromatic nitrogens is 1. The third kappa shape index (κ3) is 2.69. The molecule has 1 aromatic heterocycles. The van der Waals surface area contributed by atoms with E-state index < -0.39 is 11.9 Å². The Kier molecular flexibility index (Phi) is 4.00. The number of nitrogens with zero attached hydrogens (tertiary/aromatic N) is 2. The molecule has 1 amide bonds. The summed E-state index contributed by atoms with van der Waals surface area (Å²) in [6.07, 6.45) is 4.07. The highest BCUT2D eigenvalue weighted by Gasteiger charge is 2.42. The lowest BCUT2D eigenvalue weighted by Crippen LogP contribution is -2.55. The van der Waals surface area contributed by atoms with E-state index in [0.717, 1.165) is 36.2 Å². The van der Waals surface area contributed by atoms with E-state index in [0.29, 0.717) is 13.1 Å². The molecular weight excluding hydrogens is 324 g/mol. The van der Waals surface area contributed by atoms with Crippen molar-refractivity contribution in [2.75, 3.05) is 13.1 Å². The molecule has 2 aromatic rings. The fourth-order valence-electron chi connectivity index (χ4n) is 3.82. The van der Waals surface area contributed by atoms with Crippen molar-refractivity contribution in [1.82, 2.24) is 9.88 Å². The summed E-state index contributed by atoms with van der Waals surface area (Å²) < 4.78 is 1.17. The maximum atomic E-state index is 12.9. The minimum atomic E-state index is -0.801. The number of para-hydroxylation sites is 1. The number of likely N-dealkylation sites (tertiary alicyclic amines) is 1. The number of amides is 1. The van der Waals surface area contributed by atoms with Gasteiger partial charge < -0.3 is 10.0 Å². The van der Waals surface area contributed by atoms with Crippen molar-refractivity contribution in [2.45, 2.75) is 31.6 Å². The Labute approximate surface area is 144 Å². The first kappa shape index (κ1) is 15.6. The molecule has 1 saturated carbocycles. The van der Waals surface area contributed by atoms with E-state index in [2.05, 4.69) is 6.07 Å². The molecule has 5 nitrogen and oxygen atoms in total. The summed E-state index contributed by atoms with van der Waals surface area (Å²) in [4.78, 5) is 30.3. The maximum Gasteiger partial charge on any atom is 0.310 e. The monoisotopic (exact) mass is 344 g/mol. The lowest BCUT2D eigenvalue weighted by atomic mass is 9.78. The van der Waals surface area contributed by atoms with Crippen LogP contribution in [0.4, 0.5) is 0 Å². The Morgan fingerprint density at radius 3 is 2.67 bits per heavy atom. The number of carboxylic acid groups (broad SMARTS) is 1. The van der Waals surface area contributed by atoms with Gasteiger partial charge >= 0.3 is 5.97 Å². The summed E-state index contributed by atoms with van der Waals surface area (Å²) in [6, 6.07) is 8.09. The molecule has 4 rings (SSSR count). The van der Waals surface area contributed by atoms with Gasteiger partial charge in [0.05, 0.1) is 21.1 Å². The van der Waals surface area contributed by atoms with Crippen LogP contribution in [0.5, 0.6) is 0 Å². The molecule has 126 valence electrons. The molecule has 1 saturated heterocycles. The summed E-state index contributed by atoms with van der Waals surface area (Å²) in [5.41, 5.74) is 1.00. The molecule has 2 heterocycles. The van der Waals surface area contributed by atoms with Gasteiger partial charge in [0, 0.05) is 24.9 Å². The van der Waals surface area contributed by atoms with E-state index in [1.165, 1.54) is 4.70 Å². The Morgan fingerprint density at radius 1 is 1.17 bits per heavy atom. The van der Waals surface area contributed by atoms with Gasteiger partial charge in [-0.15, -0.1) is 11.3 Å². The fourth-order valence-corrected chi connectivity index (χ4v) is 4.99. The van der Waals surface area contributed by atoms with Crippen molar-refractivity contribution >= 4 is 33.4 Å². The highest BCUT2D eigenvalue weighted by Crippen LogP contribution is 2.42. The summed E-state index contributed by atoms with van der Waals surface area (Å²) >= 11 is 1.69. The van der Waals surface area contributed by atoms with Gasteiger partial charge in [-0.1, -0.05) is 25.0 Å². The van der Waals surface area contributed by atoms with Crippen LogP contribution in [0.25, 0.3) is 10.2 Å². The van der Waals surface area contributed by atoms with Crippen LogP contribution in [0.15, 0.2) is 24.3 Å². The van der Waals surface area contributed by atoms with Gasteiger partial charge in [-0.25, -0.2) is 4.98 Å². The number of hydrogen-bond acceptors (Lipinski definition) is 4. The molecule has 0 bridgehead atoms. The SMILES string of the molecule is O=C(O)C1CN(C(=O)C2CCCCC2c2nc3ccccc3s2)C1. The molecule has 1 aliphatic heterocycles. The minimum absolute atomic E-state index is 0.0472. The van der Waals surface area contributed by atoms with Crippen molar-refractivity contribution in [1.29, 1.82) is 0 Å². The molecule has 0 spiro atoms. The third-order valence-corrected chi connectivity index (χ3v) is 6.42. The van der Waals surface area contributed by atoms with Crippen molar-refractivity contribution in [3.8, 4) is 0 Å². The highest BCUT2D eigenvalue weighted by atomic mass is 32.1. The van der Waals surface area contributed by atoms with Crippen LogP contribution in [0.2, 0.25) is 0 Å². The topological polar surface area (TPSA) is 70.5 Å². The lowest BCUT2D eigenvalue weighted by molar-refractivity contribution is -0.155. The summed E-state index contributed by atoms with van der Waals surface area (Å²) in [6.45, 7) is 0.717. The zero-order valence-corrected chi connectivity index (χ0v) is 14.2. The number of fused-ring (bicyclic) bond motifs is 1. The number of aliphatic carboxylic acids is 1. The number of carbonyl (C=O) groups excluding carboxylic acids is 1. The number of thiazole rings is 1. The van der Waals surface area contributed by atoms with Gasteiger partial charge in [0.25, 0.3) is 0 Å². The molecule has 0 radical (unpaired) electrons. The van der Waals surface area contributed by atoms with E-state index in [4.69, 9.17) is 10.1 Å². The second-order valence-corrected chi connectivity index (χ2v) is 7.86. The number of rotatable bonds is 3. The molecule has 2 aliphatic rings. The molecule has 1 aliphatic carbocycles. The van der Waals surface area contributed by atoms with Crippen LogP contribution >= 0.6 is 11.3 Å². The smallest absolute Gasteiger partial charge is 0.310 e. The van der Waals surface area contributed by atoms with Gasteiger partial charge in [0.15, 0.2) is 0 Å². The molecule has 24 heavy (non-hydrogen) atoms. The van der Waals surface area contributed by atoms with E-state index in [1.54, 1.807) is 16.2 Å². The largest absolute Gasteiger partial charge is 0.481 e. The Bertz CT molecular complexity index is 748. The van der Waals surface area contributed by atoms with E-state index >= 15 is 0 Å². The van der Waals surface area contributed by atoms with E-state index in [9.17, 15) is 9.59 Å². The molecule has 1 aromatic carbocycles. The zero-order chi connectivity index (χ0) is 16.7. The number of carboxylic acids is 1. The molecule has 1 N–H and O–H groups in total. The predicted octanol–water partition coefficient (Wildman–Crippen LogP) is 3.11. The highest BCUT2D eigenvalue weighted by molar-refractivity contribution is 7.18. The second kappa shape index (κ2) is 6.16. The van der Waals surface area contributed by atoms with Crippen molar-refractivity contribution in [3.63, 3.8) is 0 Å². The second-order valence-electron chi connectivity index (χ2n) is 6.80.